The molecule has 1 aromatic carbocycles. The molecule has 2 nitrogen and oxygen atoms in total. The van der Waals surface area contributed by atoms with Gasteiger partial charge in [0.05, 0.1) is 0 Å². The van der Waals surface area contributed by atoms with Crippen molar-refractivity contribution >= 4 is 5.97 Å². The van der Waals surface area contributed by atoms with Gasteiger partial charge in [-0.2, -0.15) is 13.2 Å². The number of rotatable bonds is 2. The van der Waals surface area contributed by atoms with Crippen LogP contribution >= 0.6 is 0 Å². The number of hydrogen-bond acceptors (Lipinski definition) is 2. The Balaban J connectivity index is 2.50. The average molecular weight is 204 g/mol. The average Bonchev–Trinajstić information content (AvgIpc) is 2.02. The molecule has 0 atom stereocenters. The third-order valence-corrected chi connectivity index (χ3v) is 1.32. The summed E-state index contributed by atoms with van der Waals surface area (Å²) in [6.07, 6.45) is -6.09. The van der Waals surface area contributed by atoms with E-state index >= 15 is 0 Å². The Morgan fingerprint density at radius 3 is 2.29 bits per heavy atom. The summed E-state index contributed by atoms with van der Waals surface area (Å²) in [6.45, 7) is 0. The van der Waals surface area contributed by atoms with Crippen LogP contribution in [0.25, 0.3) is 0 Å². The first-order valence-electron chi connectivity index (χ1n) is 3.80. The van der Waals surface area contributed by atoms with Crippen LogP contribution in [0.2, 0.25) is 0 Å². The van der Waals surface area contributed by atoms with Crippen molar-refractivity contribution in [2.75, 3.05) is 0 Å². The Morgan fingerprint density at radius 2 is 1.79 bits per heavy atom. The van der Waals surface area contributed by atoms with E-state index in [4.69, 9.17) is 0 Å². The lowest BCUT2D eigenvalue weighted by Crippen LogP contribution is -2.19. The van der Waals surface area contributed by atoms with E-state index in [-0.39, 0.29) is 5.75 Å². The summed E-state index contributed by atoms with van der Waals surface area (Å²) in [5, 5.41) is 0. The van der Waals surface area contributed by atoms with Crippen LogP contribution in [0.4, 0.5) is 13.2 Å². The molecule has 76 valence electrons. The minimum absolute atomic E-state index is 0.113. The summed E-state index contributed by atoms with van der Waals surface area (Å²) in [4.78, 5) is 10.7. The number of para-hydroxylation sites is 1. The number of benzene rings is 1. The van der Waals surface area contributed by atoms with Gasteiger partial charge in [-0.05, 0) is 12.1 Å². The van der Waals surface area contributed by atoms with Crippen molar-refractivity contribution in [3.05, 3.63) is 30.3 Å². The molecule has 5 heteroatoms. The molecule has 0 saturated heterocycles. The fraction of sp³-hybridized carbons (Fsp3) is 0.222. The van der Waals surface area contributed by atoms with E-state index in [1.807, 2.05) is 0 Å². The van der Waals surface area contributed by atoms with Crippen molar-refractivity contribution < 1.29 is 22.7 Å². The van der Waals surface area contributed by atoms with Crippen LogP contribution in [0, 0.1) is 0 Å². The Morgan fingerprint density at radius 1 is 1.21 bits per heavy atom. The third kappa shape index (κ3) is 3.93. The Labute approximate surface area is 78.3 Å². The molecule has 0 fully saturated rings. The van der Waals surface area contributed by atoms with Crippen molar-refractivity contribution in [1.29, 1.82) is 0 Å². The van der Waals surface area contributed by atoms with Crippen molar-refractivity contribution in [2.45, 2.75) is 12.6 Å². The topological polar surface area (TPSA) is 26.3 Å². The fourth-order valence-corrected chi connectivity index (χ4v) is 0.820. The van der Waals surface area contributed by atoms with Gasteiger partial charge < -0.3 is 4.74 Å². The minimum Gasteiger partial charge on any atom is -0.426 e. The predicted molar refractivity (Wildman–Crippen MR) is 42.7 cm³/mol. The van der Waals surface area contributed by atoms with E-state index in [1.165, 1.54) is 12.1 Å². The van der Waals surface area contributed by atoms with Crippen LogP contribution in [-0.2, 0) is 4.79 Å². The summed E-state index contributed by atoms with van der Waals surface area (Å²) in [5.74, 6) is -1.19. The first kappa shape index (κ1) is 10.6. The van der Waals surface area contributed by atoms with Gasteiger partial charge >= 0.3 is 12.1 Å². The molecule has 0 spiro atoms. The second kappa shape index (κ2) is 4.13. The van der Waals surface area contributed by atoms with Crippen LogP contribution < -0.4 is 4.74 Å². The Bertz CT molecular complexity index is 306. The summed E-state index contributed by atoms with van der Waals surface area (Å²) in [7, 11) is 0. The maximum Gasteiger partial charge on any atom is 0.399 e. The third-order valence-electron chi connectivity index (χ3n) is 1.32. The largest absolute Gasteiger partial charge is 0.426 e. The smallest absolute Gasteiger partial charge is 0.399 e. The van der Waals surface area contributed by atoms with Crippen molar-refractivity contribution in [1.82, 2.24) is 0 Å². The van der Waals surface area contributed by atoms with Crippen LogP contribution in [0.1, 0.15) is 6.42 Å². The van der Waals surface area contributed by atoms with E-state index in [0.29, 0.717) is 0 Å². The highest BCUT2D eigenvalue weighted by Gasteiger charge is 2.32. The van der Waals surface area contributed by atoms with Gasteiger partial charge in [0.15, 0.2) is 0 Å². The molecule has 0 aliphatic heterocycles. The lowest BCUT2D eigenvalue weighted by molar-refractivity contribution is -0.163. The van der Waals surface area contributed by atoms with Crippen LogP contribution in [0.3, 0.4) is 0 Å². The first-order valence-corrected chi connectivity index (χ1v) is 3.80. The summed E-state index contributed by atoms with van der Waals surface area (Å²) < 4.78 is 39.6. The van der Waals surface area contributed by atoms with E-state index < -0.39 is 18.6 Å². The molecular formula is C9H7F3O2. The molecule has 1 rings (SSSR count). The van der Waals surface area contributed by atoms with Gasteiger partial charge in [-0.3, -0.25) is 4.79 Å². The molecular weight excluding hydrogens is 197 g/mol. The molecule has 0 N–H and O–H groups in total. The molecule has 14 heavy (non-hydrogen) atoms. The number of alkyl halides is 3. The lowest BCUT2D eigenvalue weighted by Gasteiger charge is -2.06. The maximum absolute atomic E-state index is 11.7. The molecule has 0 bridgehead atoms. The summed E-state index contributed by atoms with van der Waals surface area (Å²) >= 11 is 0. The second-order valence-corrected chi connectivity index (χ2v) is 2.58. The standard InChI is InChI=1S/C9H7F3O2/c10-9(11,12)6-8(13)14-7-4-2-1-3-5-7/h1-5H,6H2. The zero-order valence-electron chi connectivity index (χ0n) is 7.04. The Hall–Kier alpha value is -1.52. The zero-order valence-corrected chi connectivity index (χ0v) is 7.04. The first-order chi connectivity index (χ1) is 6.47. The lowest BCUT2D eigenvalue weighted by atomic mass is 10.3. The number of hydrogen-bond donors (Lipinski definition) is 0. The van der Waals surface area contributed by atoms with Gasteiger partial charge in [0.2, 0.25) is 0 Å². The fourth-order valence-electron chi connectivity index (χ4n) is 0.820. The normalized spacial score (nSPS) is 11.1. The quantitative estimate of drug-likeness (QED) is 0.546. The highest BCUT2D eigenvalue weighted by Crippen LogP contribution is 2.20. The van der Waals surface area contributed by atoms with Crippen LogP contribution in [-0.4, -0.2) is 12.1 Å². The molecule has 0 aliphatic carbocycles. The predicted octanol–water partition coefficient (Wildman–Crippen LogP) is 2.54. The van der Waals surface area contributed by atoms with Crippen molar-refractivity contribution in [2.24, 2.45) is 0 Å². The minimum atomic E-state index is -4.52. The number of carbonyl (C=O) groups excluding carboxylic acids is 1. The monoisotopic (exact) mass is 204 g/mol. The van der Waals surface area contributed by atoms with Gasteiger partial charge in [0.25, 0.3) is 0 Å². The SMILES string of the molecule is O=C(CC(F)(F)F)Oc1ccccc1. The number of halogens is 3. The molecule has 0 saturated carbocycles. The summed E-state index contributed by atoms with van der Waals surface area (Å²) in [6, 6.07) is 7.62. The van der Waals surface area contributed by atoms with E-state index in [2.05, 4.69) is 4.74 Å². The van der Waals surface area contributed by atoms with Crippen LogP contribution in [0.5, 0.6) is 5.75 Å². The van der Waals surface area contributed by atoms with Gasteiger partial charge in [-0.25, -0.2) is 0 Å². The van der Waals surface area contributed by atoms with E-state index in [0.717, 1.165) is 0 Å². The van der Waals surface area contributed by atoms with E-state index in [9.17, 15) is 18.0 Å². The van der Waals surface area contributed by atoms with Crippen molar-refractivity contribution in [3.63, 3.8) is 0 Å². The number of esters is 1. The molecule has 0 aromatic heterocycles. The zero-order chi connectivity index (χ0) is 10.6. The highest BCUT2D eigenvalue weighted by atomic mass is 19.4. The molecule has 1 aromatic rings. The van der Waals surface area contributed by atoms with Gasteiger partial charge in [-0.1, -0.05) is 18.2 Å². The molecule has 0 heterocycles. The molecule has 0 amide bonds. The van der Waals surface area contributed by atoms with E-state index in [1.54, 1.807) is 18.2 Å². The highest BCUT2D eigenvalue weighted by molar-refractivity contribution is 5.72. The molecule has 0 unspecified atom stereocenters. The van der Waals surface area contributed by atoms with Crippen molar-refractivity contribution in [3.8, 4) is 5.75 Å². The van der Waals surface area contributed by atoms with Gasteiger partial charge in [0.1, 0.15) is 12.2 Å². The summed E-state index contributed by atoms with van der Waals surface area (Å²) in [5.41, 5.74) is 0. The van der Waals surface area contributed by atoms with Gasteiger partial charge in [-0.15, -0.1) is 0 Å². The Kier molecular flexibility index (Phi) is 3.11. The van der Waals surface area contributed by atoms with Crippen LogP contribution in [0.15, 0.2) is 30.3 Å². The maximum atomic E-state index is 11.7. The molecule has 0 radical (unpaired) electrons. The second-order valence-electron chi connectivity index (χ2n) is 2.58. The number of ether oxygens (including phenoxy) is 1. The number of carbonyl (C=O) groups is 1. The molecule has 0 aliphatic rings. The van der Waals surface area contributed by atoms with Gasteiger partial charge in [0, 0.05) is 0 Å².